The summed E-state index contributed by atoms with van der Waals surface area (Å²) in [5.41, 5.74) is 0.681. The van der Waals surface area contributed by atoms with E-state index in [1.165, 1.54) is 0 Å². The second-order valence-electron chi connectivity index (χ2n) is 5.06. The molecule has 0 aliphatic rings. The number of nitrogens with zero attached hydrogens (tertiary/aromatic N) is 1. The molecule has 0 aliphatic carbocycles. The normalized spacial score (nSPS) is 12.5. The Morgan fingerprint density at radius 1 is 1.32 bits per heavy atom. The maximum absolute atomic E-state index is 12.3. The van der Waals surface area contributed by atoms with Crippen LogP contribution in [0.15, 0.2) is 24.3 Å². The van der Waals surface area contributed by atoms with Gasteiger partial charge in [-0.2, -0.15) is 0 Å². The first-order valence-corrected chi connectivity index (χ1v) is 7.02. The van der Waals surface area contributed by atoms with Crippen LogP contribution in [-0.4, -0.2) is 37.4 Å². The number of ketones is 1. The van der Waals surface area contributed by atoms with Gasteiger partial charge in [-0.05, 0) is 32.0 Å². The van der Waals surface area contributed by atoms with Crippen LogP contribution in [0.3, 0.4) is 0 Å². The van der Waals surface area contributed by atoms with Gasteiger partial charge in [0.2, 0.25) is 0 Å². The topological polar surface area (TPSA) is 29.5 Å². The standard InChI is InChI=1S/C16H25NO2/c1-5-13(3)11-17(4)12-15(18)14-9-7-8-10-16(14)19-6-2/h7-10,13H,5-6,11-12H2,1-4H3. The number of para-hydroxylation sites is 1. The van der Waals surface area contributed by atoms with Crippen molar-refractivity contribution in [1.29, 1.82) is 0 Å². The number of hydrogen-bond donors (Lipinski definition) is 0. The average Bonchev–Trinajstić information content (AvgIpc) is 2.39. The fraction of sp³-hybridized carbons (Fsp3) is 0.562. The Morgan fingerprint density at radius 2 is 2.00 bits per heavy atom. The van der Waals surface area contributed by atoms with Gasteiger partial charge in [0.15, 0.2) is 5.78 Å². The number of rotatable bonds is 8. The molecule has 19 heavy (non-hydrogen) atoms. The first kappa shape index (κ1) is 15.7. The van der Waals surface area contributed by atoms with Crippen molar-refractivity contribution >= 4 is 5.78 Å². The summed E-state index contributed by atoms with van der Waals surface area (Å²) in [6, 6.07) is 7.46. The zero-order valence-electron chi connectivity index (χ0n) is 12.5. The van der Waals surface area contributed by atoms with Crippen LogP contribution in [0, 0.1) is 5.92 Å². The molecule has 106 valence electrons. The van der Waals surface area contributed by atoms with Crippen molar-refractivity contribution in [3.8, 4) is 5.75 Å². The molecule has 1 aromatic carbocycles. The minimum Gasteiger partial charge on any atom is -0.493 e. The molecule has 0 saturated carbocycles. The molecule has 0 saturated heterocycles. The van der Waals surface area contributed by atoms with E-state index in [0.29, 0.717) is 30.4 Å². The summed E-state index contributed by atoms with van der Waals surface area (Å²) in [6.07, 6.45) is 1.13. The van der Waals surface area contributed by atoms with E-state index in [0.717, 1.165) is 13.0 Å². The molecule has 1 unspecified atom stereocenters. The highest BCUT2D eigenvalue weighted by Gasteiger charge is 2.15. The SMILES string of the molecule is CCOc1ccccc1C(=O)CN(C)CC(C)CC. The van der Waals surface area contributed by atoms with Crippen molar-refractivity contribution in [2.75, 3.05) is 26.7 Å². The van der Waals surface area contributed by atoms with Crippen molar-refractivity contribution in [1.82, 2.24) is 4.90 Å². The molecule has 0 fully saturated rings. The largest absolute Gasteiger partial charge is 0.493 e. The Bertz CT molecular complexity index is 403. The Balaban J connectivity index is 2.67. The molecular formula is C16H25NO2. The lowest BCUT2D eigenvalue weighted by molar-refractivity contribution is 0.0935. The molecule has 0 aromatic heterocycles. The lowest BCUT2D eigenvalue weighted by atomic mass is 10.1. The second-order valence-corrected chi connectivity index (χ2v) is 5.06. The minimum atomic E-state index is 0.120. The van der Waals surface area contributed by atoms with E-state index in [2.05, 4.69) is 18.7 Å². The van der Waals surface area contributed by atoms with Crippen LogP contribution in [-0.2, 0) is 0 Å². The molecule has 1 atom stereocenters. The molecule has 0 radical (unpaired) electrons. The molecule has 1 aromatic rings. The van der Waals surface area contributed by atoms with Gasteiger partial charge in [-0.3, -0.25) is 9.69 Å². The minimum absolute atomic E-state index is 0.120. The number of likely N-dealkylation sites (N-methyl/N-ethyl adjacent to an activating group) is 1. The van der Waals surface area contributed by atoms with Crippen LogP contribution in [0.5, 0.6) is 5.75 Å². The molecular weight excluding hydrogens is 238 g/mol. The van der Waals surface area contributed by atoms with Crippen LogP contribution < -0.4 is 4.74 Å². The molecule has 0 N–H and O–H groups in total. The molecule has 1 rings (SSSR count). The molecule has 0 heterocycles. The van der Waals surface area contributed by atoms with E-state index >= 15 is 0 Å². The van der Waals surface area contributed by atoms with Crippen LogP contribution in [0.4, 0.5) is 0 Å². The summed E-state index contributed by atoms with van der Waals surface area (Å²) in [6.45, 7) is 8.26. The molecule has 3 nitrogen and oxygen atoms in total. The van der Waals surface area contributed by atoms with Crippen molar-refractivity contribution in [2.24, 2.45) is 5.92 Å². The van der Waals surface area contributed by atoms with E-state index in [1.54, 1.807) is 0 Å². The Kier molecular flexibility index (Phi) is 6.57. The second kappa shape index (κ2) is 7.95. The van der Waals surface area contributed by atoms with Gasteiger partial charge in [-0.25, -0.2) is 0 Å². The summed E-state index contributed by atoms with van der Waals surface area (Å²) >= 11 is 0. The predicted molar refractivity (Wildman–Crippen MR) is 78.9 cm³/mol. The highest BCUT2D eigenvalue weighted by molar-refractivity contribution is 6.00. The van der Waals surface area contributed by atoms with Crippen LogP contribution >= 0.6 is 0 Å². The third kappa shape index (κ3) is 5.03. The monoisotopic (exact) mass is 263 g/mol. The molecule has 3 heteroatoms. The van der Waals surface area contributed by atoms with Crippen LogP contribution in [0.1, 0.15) is 37.6 Å². The van der Waals surface area contributed by atoms with Gasteiger partial charge in [-0.1, -0.05) is 32.4 Å². The highest BCUT2D eigenvalue weighted by Crippen LogP contribution is 2.19. The summed E-state index contributed by atoms with van der Waals surface area (Å²) in [5.74, 6) is 1.42. The van der Waals surface area contributed by atoms with Gasteiger partial charge in [0.25, 0.3) is 0 Å². The number of ether oxygens (including phenoxy) is 1. The van der Waals surface area contributed by atoms with E-state index in [9.17, 15) is 4.79 Å². The summed E-state index contributed by atoms with van der Waals surface area (Å²) < 4.78 is 5.50. The first-order valence-electron chi connectivity index (χ1n) is 7.02. The van der Waals surface area contributed by atoms with E-state index in [-0.39, 0.29) is 5.78 Å². The molecule has 0 amide bonds. The van der Waals surface area contributed by atoms with Gasteiger partial charge in [0.05, 0.1) is 18.7 Å². The number of Topliss-reactive ketones (excluding diaryl/α,β-unsaturated/α-hetero) is 1. The lowest BCUT2D eigenvalue weighted by Gasteiger charge is -2.20. The van der Waals surface area contributed by atoms with Crippen molar-refractivity contribution in [2.45, 2.75) is 27.2 Å². The summed E-state index contributed by atoms with van der Waals surface area (Å²) in [7, 11) is 1.99. The van der Waals surface area contributed by atoms with Crippen molar-refractivity contribution in [3.05, 3.63) is 29.8 Å². The maximum atomic E-state index is 12.3. The predicted octanol–water partition coefficient (Wildman–Crippen LogP) is 3.25. The number of hydrogen-bond acceptors (Lipinski definition) is 3. The molecule has 0 spiro atoms. The van der Waals surface area contributed by atoms with Gasteiger partial charge in [-0.15, -0.1) is 0 Å². The lowest BCUT2D eigenvalue weighted by Crippen LogP contribution is -2.30. The zero-order valence-corrected chi connectivity index (χ0v) is 12.5. The highest BCUT2D eigenvalue weighted by atomic mass is 16.5. The van der Waals surface area contributed by atoms with Gasteiger partial charge >= 0.3 is 0 Å². The average molecular weight is 263 g/mol. The van der Waals surface area contributed by atoms with Crippen LogP contribution in [0.2, 0.25) is 0 Å². The number of benzene rings is 1. The smallest absolute Gasteiger partial charge is 0.180 e. The fourth-order valence-electron chi connectivity index (χ4n) is 2.03. The molecule has 0 bridgehead atoms. The van der Waals surface area contributed by atoms with Gasteiger partial charge in [0, 0.05) is 6.54 Å². The van der Waals surface area contributed by atoms with E-state index in [4.69, 9.17) is 4.74 Å². The maximum Gasteiger partial charge on any atom is 0.180 e. The zero-order chi connectivity index (χ0) is 14.3. The Labute approximate surface area is 116 Å². The summed E-state index contributed by atoms with van der Waals surface area (Å²) in [5, 5.41) is 0. The fourth-order valence-corrected chi connectivity index (χ4v) is 2.03. The number of carbonyl (C=O) groups is 1. The first-order chi connectivity index (χ1) is 9.08. The van der Waals surface area contributed by atoms with Crippen molar-refractivity contribution < 1.29 is 9.53 Å². The third-order valence-electron chi connectivity index (χ3n) is 3.22. The summed E-state index contributed by atoms with van der Waals surface area (Å²) in [4.78, 5) is 14.4. The van der Waals surface area contributed by atoms with Gasteiger partial charge < -0.3 is 4.74 Å². The van der Waals surface area contributed by atoms with E-state index in [1.807, 2.05) is 38.2 Å². The quantitative estimate of drug-likeness (QED) is 0.674. The Morgan fingerprint density at radius 3 is 2.63 bits per heavy atom. The van der Waals surface area contributed by atoms with Crippen molar-refractivity contribution in [3.63, 3.8) is 0 Å². The Hall–Kier alpha value is -1.35. The van der Waals surface area contributed by atoms with E-state index < -0.39 is 0 Å². The van der Waals surface area contributed by atoms with Crippen LogP contribution in [0.25, 0.3) is 0 Å². The van der Waals surface area contributed by atoms with Gasteiger partial charge in [0.1, 0.15) is 5.75 Å². The number of carbonyl (C=O) groups excluding carboxylic acids is 1. The third-order valence-corrected chi connectivity index (χ3v) is 3.22. The molecule has 0 aliphatic heterocycles.